The Morgan fingerprint density at radius 3 is 2.67 bits per heavy atom. The average molecular weight is 272 g/mol. The van der Waals surface area contributed by atoms with Crippen molar-refractivity contribution >= 4 is 11.6 Å². The Hall–Kier alpha value is -0.770. The van der Waals surface area contributed by atoms with Gasteiger partial charge in [-0.1, -0.05) is 31.5 Å². The van der Waals surface area contributed by atoms with Crippen molar-refractivity contribution in [3.63, 3.8) is 0 Å². The molecule has 3 nitrogen and oxygen atoms in total. The van der Waals surface area contributed by atoms with Gasteiger partial charge in [-0.3, -0.25) is 0 Å². The van der Waals surface area contributed by atoms with Crippen LogP contribution in [0.3, 0.4) is 0 Å². The molecule has 0 amide bonds. The van der Waals surface area contributed by atoms with Crippen LogP contribution in [-0.4, -0.2) is 26.9 Å². The van der Waals surface area contributed by atoms with E-state index in [4.69, 9.17) is 21.1 Å². The van der Waals surface area contributed by atoms with Crippen molar-refractivity contribution in [2.45, 2.75) is 20.4 Å². The third-order valence-electron chi connectivity index (χ3n) is 2.42. The summed E-state index contributed by atoms with van der Waals surface area (Å²) in [6.07, 6.45) is 0. The van der Waals surface area contributed by atoms with Gasteiger partial charge in [0, 0.05) is 13.7 Å². The molecule has 0 heterocycles. The fraction of sp³-hybridized carbons (Fsp3) is 0.571. The maximum absolute atomic E-state index is 6.16. The van der Waals surface area contributed by atoms with Crippen LogP contribution in [0.4, 0.5) is 0 Å². The molecule has 102 valence electrons. The summed E-state index contributed by atoms with van der Waals surface area (Å²) >= 11 is 6.16. The molecule has 0 bridgehead atoms. The lowest BCUT2D eigenvalue weighted by Crippen LogP contribution is -2.18. The van der Waals surface area contributed by atoms with Gasteiger partial charge in [-0.25, -0.2) is 0 Å². The Labute approximate surface area is 114 Å². The van der Waals surface area contributed by atoms with E-state index >= 15 is 0 Å². The standard InChI is InChI=1S/C14H22ClNO2/c1-11(2)9-16-10-12-4-5-14(13(15)8-12)18-7-6-17-3/h4-5,8,11,16H,6-7,9-10H2,1-3H3. The second-order valence-electron chi connectivity index (χ2n) is 4.63. The molecule has 0 atom stereocenters. The fourth-order valence-electron chi connectivity index (χ4n) is 1.51. The second-order valence-corrected chi connectivity index (χ2v) is 5.04. The van der Waals surface area contributed by atoms with Gasteiger partial charge in [-0.05, 0) is 30.2 Å². The summed E-state index contributed by atoms with van der Waals surface area (Å²) in [5.74, 6) is 1.36. The Morgan fingerprint density at radius 2 is 2.06 bits per heavy atom. The summed E-state index contributed by atoms with van der Waals surface area (Å²) in [4.78, 5) is 0. The first-order chi connectivity index (χ1) is 8.63. The van der Waals surface area contributed by atoms with Gasteiger partial charge in [0.25, 0.3) is 0 Å². The first-order valence-corrected chi connectivity index (χ1v) is 6.62. The number of rotatable bonds is 8. The molecule has 1 rings (SSSR count). The fourth-order valence-corrected chi connectivity index (χ4v) is 1.77. The van der Waals surface area contributed by atoms with Crippen molar-refractivity contribution in [3.8, 4) is 5.75 Å². The third kappa shape index (κ3) is 5.71. The molecule has 1 N–H and O–H groups in total. The van der Waals surface area contributed by atoms with E-state index in [1.165, 1.54) is 5.56 Å². The van der Waals surface area contributed by atoms with Crippen molar-refractivity contribution in [3.05, 3.63) is 28.8 Å². The van der Waals surface area contributed by atoms with Crippen LogP contribution in [0.5, 0.6) is 5.75 Å². The van der Waals surface area contributed by atoms with Gasteiger partial charge in [0.05, 0.1) is 11.6 Å². The second kappa shape index (κ2) is 8.35. The van der Waals surface area contributed by atoms with Crippen LogP contribution in [0.1, 0.15) is 19.4 Å². The van der Waals surface area contributed by atoms with E-state index < -0.39 is 0 Å². The first-order valence-electron chi connectivity index (χ1n) is 6.24. The van der Waals surface area contributed by atoms with Gasteiger partial charge in [-0.2, -0.15) is 0 Å². The molecule has 0 radical (unpaired) electrons. The number of benzene rings is 1. The van der Waals surface area contributed by atoms with E-state index in [0.717, 1.165) is 13.1 Å². The number of nitrogens with one attached hydrogen (secondary N) is 1. The lowest BCUT2D eigenvalue weighted by Gasteiger charge is -2.10. The number of hydrogen-bond donors (Lipinski definition) is 1. The highest BCUT2D eigenvalue weighted by Crippen LogP contribution is 2.25. The molecule has 1 aromatic rings. The van der Waals surface area contributed by atoms with Crippen LogP contribution in [0.2, 0.25) is 5.02 Å². The average Bonchev–Trinajstić information content (AvgIpc) is 2.31. The molecule has 0 fully saturated rings. The molecule has 0 saturated carbocycles. The molecule has 1 aromatic carbocycles. The van der Waals surface area contributed by atoms with Crippen LogP contribution in [-0.2, 0) is 11.3 Å². The monoisotopic (exact) mass is 271 g/mol. The molecule has 0 aromatic heterocycles. The molecule has 0 aliphatic rings. The van der Waals surface area contributed by atoms with Crippen LogP contribution >= 0.6 is 11.6 Å². The molecular formula is C14H22ClNO2. The molecular weight excluding hydrogens is 250 g/mol. The van der Waals surface area contributed by atoms with Crippen molar-refractivity contribution in [1.82, 2.24) is 5.32 Å². The smallest absolute Gasteiger partial charge is 0.138 e. The number of methoxy groups -OCH3 is 1. The zero-order chi connectivity index (χ0) is 13.4. The zero-order valence-corrected chi connectivity index (χ0v) is 12.1. The largest absolute Gasteiger partial charge is 0.490 e. The lowest BCUT2D eigenvalue weighted by atomic mass is 10.2. The van der Waals surface area contributed by atoms with Crippen molar-refractivity contribution < 1.29 is 9.47 Å². The maximum Gasteiger partial charge on any atom is 0.138 e. The maximum atomic E-state index is 6.16. The van der Waals surface area contributed by atoms with E-state index in [9.17, 15) is 0 Å². The van der Waals surface area contributed by atoms with Crippen molar-refractivity contribution in [1.29, 1.82) is 0 Å². The van der Waals surface area contributed by atoms with E-state index in [1.54, 1.807) is 7.11 Å². The minimum atomic E-state index is 0.515. The van der Waals surface area contributed by atoms with E-state index in [1.807, 2.05) is 18.2 Å². The predicted octanol–water partition coefficient (Wildman–Crippen LogP) is 3.11. The molecule has 4 heteroatoms. The summed E-state index contributed by atoms with van der Waals surface area (Å²) in [6, 6.07) is 5.88. The summed E-state index contributed by atoms with van der Waals surface area (Å²) in [7, 11) is 1.65. The summed E-state index contributed by atoms with van der Waals surface area (Å²) < 4.78 is 10.4. The zero-order valence-electron chi connectivity index (χ0n) is 11.3. The van der Waals surface area contributed by atoms with Crippen LogP contribution in [0, 0.1) is 5.92 Å². The quantitative estimate of drug-likeness (QED) is 0.737. The highest BCUT2D eigenvalue weighted by molar-refractivity contribution is 6.32. The number of hydrogen-bond acceptors (Lipinski definition) is 3. The van der Waals surface area contributed by atoms with Gasteiger partial charge in [0.15, 0.2) is 0 Å². The van der Waals surface area contributed by atoms with Gasteiger partial charge in [-0.15, -0.1) is 0 Å². The molecule has 0 aliphatic heterocycles. The van der Waals surface area contributed by atoms with Gasteiger partial charge >= 0.3 is 0 Å². The molecule has 0 aliphatic carbocycles. The molecule has 0 saturated heterocycles. The SMILES string of the molecule is COCCOc1ccc(CNCC(C)C)cc1Cl. The minimum absolute atomic E-state index is 0.515. The topological polar surface area (TPSA) is 30.5 Å². The number of ether oxygens (including phenoxy) is 2. The van der Waals surface area contributed by atoms with Gasteiger partial charge in [0.1, 0.15) is 12.4 Å². The van der Waals surface area contributed by atoms with Crippen LogP contribution in [0.15, 0.2) is 18.2 Å². The highest BCUT2D eigenvalue weighted by atomic mass is 35.5. The summed E-state index contributed by atoms with van der Waals surface area (Å²) in [5, 5.41) is 4.03. The Balaban J connectivity index is 2.45. The third-order valence-corrected chi connectivity index (χ3v) is 2.72. The summed E-state index contributed by atoms with van der Waals surface area (Å²) in [6.45, 7) is 7.29. The number of halogens is 1. The highest BCUT2D eigenvalue weighted by Gasteiger charge is 2.03. The minimum Gasteiger partial charge on any atom is -0.490 e. The van der Waals surface area contributed by atoms with Crippen LogP contribution in [0.25, 0.3) is 0 Å². The summed E-state index contributed by atoms with van der Waals surface area (Å²) in [5.41, 5.74) is 1.17. The van der Waals surface area contributed by atoms with Gasteiger partial charge in [0.2, 0.25) is 0 Å². The van der Waals surface area contributed by atoms with Gasteiger partial charge < -0.3 is 14.8 Å². The van der Waals surface area contributed by atoms with Crippen molar-refractivity contribution in [2.75, 3.05) is 26.9 Å². The Kier molecular flexibility index (Phi) is 7.09. The molecule has 0 unspecified atom stereocenters. The predicted molar refractivity (Wildman–Crippen MR) is 75.4 cm³/mol. The lowest BCUT2D eigenvalue weighted by molar-refractivity contribution is 0.146. The van der Waals surface area contributed by atoms with Crippen molar-refractivity contribution in [2.24, 2.45) is 5.92 Å². The Morgan fingerprint density at radius 1 is 1.28 bits per heavy atom. The normalized spacial score (nSPS) is 10.9. The van der Waals surface area contributed by atoms with E-state index in [0.29, 0.717) is 29.9 Å². The first kappa shape index (κ1) is 15.3. The molecule has 0 spiro atoms. The van der Waals surface area contributed by atoms with E-state index in [-0.39, 0.29) is 0 Å². The Bertz CT molecular complexity index is 356. The van der Waals surface area contributed by atoms with E-state index in [2.05, 4.69) is 19.2 Å². The molecule has 18 heavy (non-hydrogen) atoms. The van der Waals surface area contributed by atoms with Crippen LogP contribution < -0.4 is 10.1 Å².